The lowest BCUT2D eigenvalue weighted by Crippen LogP contribution is -2.51. The highest BCUT2D eigenvalue weighted by molar-refractivity contribution is 4.99. The van der Waals surface area contributed by atoms with Crippen molar-refractivity contribution in [1.82, 2.24) is 0 Å². The molecule has 0 aromatic heterocycles. The summed E-state index contributed by atoms with van der Waals surface area (Å²) in [5, 5.41) is 37.1. The van der Waals surface area contributed by atoms with E-state index in [1.165, 1.54) is 0 Å². The quantitative estimate of drug-likeness (QED) is 0.368. The van der Waals surface area contributed by atoms with E-state index in [-0.39, 0.29) is 6.42 Å². The van der Waals surface area contributed by atoms with Crippen molar-refractivity contribution in [2.45, 2.75) is 51.0 Å². The van der Waals surface area contributed by atoms with Crippen LogP contribution in [0.3, 0.4) is 0 Å². The van der Waals surface area contributed by atoms with Crippen LogP contribution in [0.4, 0.5) is 0 Å². The molecule has 0 radical (unpaired) electrons. The van der Waals surface area contributed by atoms with Gasteiger partial charge in [0.05, 0.1) is 31.0 Å². The third-order valence-electron chi connectivity index (χ3n) is 2.69. The molecule has 4 unspecified atom stereocenters. The first-order valence-electron chi connectivity index (χ1n) is 5.50. The maximum Gasteiger partial charge on any atom is 0.0978 e. The van der Waals surface area contributed by atoms with Crippen molar-refractivity contribution >= 4 is 0 Å². The smallest absolute Gasteiger partial charge is 0.0978 e. The summed E-state index contributed by atoms with van der Waals surface area (Å²) in [6, 6.07) is -1.05. The summed E-state index contributed by atoms with van der Waals surface area (Å²) in [6.07, 6.45) is -0.506. The molecule has 0 aliphatic carbocycles. The first kappa shape index (κ1) is 15.5. The summed E-state index contributed by atoms with van der Waals surface area (Å²) in [7, 11) is 0. The van der Waals surface area contributed by atoms with Crippen LogP contribution in [-0.2, 0) is 0 Å². The molecule has 0 saturated heterocycles. The van der Waals surface area contributed by atoms with E-state index < -0.39 is 31.0 Å². The molecule has 0 heterocycles. The van der Waals surface area contributed by atoms with Gasteiger partial charge in [-0.3, -0.25) is 0 Å². The summed E-state index contributed by atoms with van der Waals surface area (Å²) in [4.78, 5) is 0. The average Bonchev–Trinajstić information content (AvgIpc) is 2.32. The predicted molar refractivity (Wildman–Crippen MR) is 61.7 cm³/mol. The number of rotatable bonds is 7. The van der Waals surface area contributed by atoms with Crippen LogP contribution >= 0.6 is 0 Å². The molecule has 0 amide bonds. The second kappa shape index (κ2) is 7.76. The second-order valence-corrected chi connectivity index (χ2v) is 4.02. The maximum atomic E-state index is 9.61. The van der Waals surface area contributed by atoms with Crippen LogP contribution in [0.15, 0.2) is 11.6 Å². The maximum absolute atomic E-state index is 9.61. The van der Waals surface area contributed by atoms with Crippen molar-refractivity contribution in [2.75, 3.05) is 6.61 Å². The van der Waals surface area contributed by atoms with Crippen LogP contribution in [0, 0.1) is 0 Å². The highest BCUT2D eigenvalue weighted by atomic mass is 16.3. The van der Waals surface area contributed by atoms with Gasteiger partial charge in [-0.1, -0.05) is 18.6 Å². The highest BCUT2D eigenvalue weighted by Crippen LogP contribution is 2.09. The van der Waals surface area contributed by atoms with Crippen molar-refractivity contribution in [3.05, 3.63) is 11.6 Å². The summed E-state index contributed by atoms with van der Waals surface area (Å²) in [6.45, 7) is 3.40. The molecule has 0 rings (SSSR count). The largest absolute Gasteiger partial charge is 0.394 e. The lowest BCUT2D eigenvalue weighted by Gasteiger charge is -2.26. The van der Waals surface area contributed by atoms with E-state index in [1.807, 2.05) is 19.9 Å². The molecule has 16 heavy (non-hydrogen) atoms. The molecule has 0 bridgehead atoms. The Kier molecular flexibility index (Phi) is 7.53. The lowest BCUT2D eigenvalue weighted by molar-refractivity contribution is -0.0377. The van der Waals surface area contributed by atoms with Crippen LogP contribution in [-0.4, -0.2) is 51.4 Å². The van der Waals surface area contributed by atoms with Gasteiger partial charge in [0.25, 0.3) is 0 Å². The van der Waals surface area contributed by atoms with Gasteiger partial charge in [-0.05, 0) is 19.8 Å². The van der Waals surface area contributed by atoms with Crippen LogP contribution < -0.4 is 5.73 Å². The van der Waals surface area contributed by atoms with E-state index >= 15 is 0 Å². The molecule has 5 nitrogen and oxygen atoms in total. The van der Waals surface area contributed by atoms with E-state index in [0.717, 1.165) is 12.0 Å². The van der Waals surface area contributed by atoms with Crippen molar-refractivity contribution in [1.29, 1.82) is 0 Å². The normalized spacial score (nSPS) is 20.3. The Labute approximate surface area is 96.2 Å². The first-order chi connectivity index (χ1) is 7.43. The second-order valence-electron chi connectivity index (χ2n) is 4.02. The summed E-state index contributed by atoms with van der Waals surface area (Å²) < 4.78 is 0. The van der Waals surface area contributed by atoms with Crippen molar-refractivity contribution in [3.8, 4) is 0 Å². The van der Waals surface area contributed by atoms with Crippen molar-refractivity contribution in [2.24, 2.45) is 5.73 Å². The van der Waals surface area contributed by atoms with Crippen LogP contribution in [0.5, 0.6) is 0 Å². The molecular formula is C11H23NO4. The van der Waals surface area contributed by atoms with Crippen LogP contribution in [0.1, 0.15) is 26.7 Å². The molecule has 4 atom stereocenters. The third kappa shape index (κ3) is 5.05. The minimum Gasteiger partial charge on any atom is -0.394 e. The Balaban J connectivity index is 4.22. The molecular weight excluding hydrogens is 210 g/mol. The van der Waals surface area contributed by atoms with Gasteiger partial charge in [0.15, 0.2) is 0 Å². The zero-order valence-corrected chi connectivity index (χ0v) is 9.87. The number of aliphatic hydroxyl groups is 4. The van der Waals surface area contributed by atoms with Gasteiger partial charge in [-0.15, -0.1) is 0 Å². The molecule has 0 fully saturated rings. The fourth-order valence-corrected chi connectivity index (χ4v) is 1.21. The first-order valence-corrected chi connectivity index (χ1v) is 5.50. The molecule has 96 valence electrons. The van der Waals surface area contributed by atoms with E-state index in [0.29, 0.717) is 0 Å². The van der Waals surface area contributed by atoms with E-state index in [2.05, 4.69) is 0 Å². The monoisotopic (exact) mass is 233 g/mol. The van der Waals surface area contributed by atoms with Crippen molar-refractivity contribution < 1.29 is 20.4 Å². The summed E-state index contributed by atoms with van der Waals surface area (Å²) in [5.74, 6) is 0. The topological polar surface area (TPSA) is 107 Å². The molecule has 0 saturated carbocycles. The van der Waals surface area contributed by atoms with Crippen molar-refractivity contribution in [3.63, 3.8) is 0 Å². The number of hydrogen-bond acceptors (Lipinski definition) is 5. The van der Waals surface area contributed by atoms with E-state index in [4.69, 9.17) is 10.8 Å². The van der Waals surface area contributed by atoms with Crippen LogP contribution in [0.2, 0.25) is 0 Å². The standard InChI is InChI=1S/C11H23NO4/c1-3-7(2)4-5-8(14)11(16)10(12)9(15)6-13/h4,8-11,13-16H,3,5-6,12H2,1-2H3/b7-4-. The summed E-state index contributed by atoms with van der Waals surface area (Å²) >= 11 is 0. The van der Waals surface area contributed by atoms with E-state index in [9.17, 15) is 15.3 Å². The Bertz CT molecular complexity index is 220. The molecule has 0 spiro atoms. The Hall–Kier alpha value is -0.460. The van der Waals surface area contributed by atoms with Gasteiger partial charge in [-0.2, -0.15) is 0 Å². The Morgan fingerprint density at radius 1 is 1.25 bits per heavy atom. The minimum absolute atomic E-state index is 0.284. The Morgan fingerprint density at radius 2 is 1.81 bits per heavy atom. The van der Waals surface area contributed by atoms with Gasteiger partial charge < -0.3 is 26.2 Å². The van der Waals surface area contributed by atoms with Crippen LogP contribution in [0.25, 0.3) is 0 Å². The molecule has 5 heteroatoms. The SMILES string of the molecule is CC/C(C)=C\CC(O)C(O)C(N)C(O)CO. The minimum atomic E-state index is -1.25. The van der Waals surface area contributed by atoms with Gasteiger partial charge >= 0.3 is 0 Å². The zero-order chi connectivity index (χ0) is 12.7. The van der Waals surface area contributed by atoms with Gasteiger partial charge in [0.2, 0.25) is 0 Å². The molecule has 0 aliphatic heterocycles. The third-order valence-corrected chi connectivity index (χ3v) is 2.69. The molecule has 0 aliphatic rings. The molecule has 0 aromatic carbocycles. The molecule has 0 aromatic rings. The predicted octanol–water partition coefficient (Wildman–Crippen LogP) is -0.865. The molecule has 6 N–H and O–H groups in total. The van der Waals surface area contributed by atoms with Gasteiger partial charge in [0.1, 0.15) is 0 Å². The van der Waals surface area contributed by atoms with Gasteiger partial charge in [-0.25, -0.2) is 0 Å². The zero-order valence-electron chi connectivity index (χ0n) is 9.87. The van der Waals surface area contributed by atoms with E-state index in [1.54, 1.807) is 0 Å². The summed E-state index contributed by atoms with van der Waals surface area (Å²) in [5.41, 5.74) is 6.58. The number of nitrogens with two attached hydrogens (primary N) is 1. The lowest BCUT2D eigenvalue weighted by atomic mass is 9.98. The Morgan fingerprint density at radius 3 is 2.25 bits per heavy atom. The fourth-order valence-electron chi connectivity index (χ4n) is 1.21. The highest BCUT2D eigenvalue weighted by Gasteiger charge is 2.27. The average molecular weight is 233 g/mol. The number of allylic oxidation sites excluding steroid dienone is 1. The number of aliphatic hydroxyl groups excluding tert-OH is 4. The van der Waals surface area contributed by atoms with Gasteiger partial charge in [0, 0.05) is 0 Å². The number of hydrogen-bond donors (Lipinski definition) is 5. The fraction of sp³-hybridized carbons (Fsp3) is 0.818.